The van der Waals surface area contributed by atoms with Crippen molar-refractivity contribution in [3.05, 3.63) is 110 Å². The van der Waals surface area contributed by atoms with E-state index in [1.807, 2.05) is 0 Å². The molecule has 4 rings (SSSR count). The summed E-state index contributed by atoms with van der Waals surface area (Å²) in [5.41, 5.74) is 8.08. The van der Waals surface area contributed by atoms with Crippen LogP contribution in [0.25, 0.3) is 11.0 Å². The first-order valence-electron chi connectivity index (χ1n) is 11.1. The van der Waals surface area contributed by atoms with Gasteiger partial charge in [-0.05, 0) is 46.9 Å². The topological polar surface area (TPSA) is 149 Å². The summed E-state index contributed by atoms with van der Waals surface area (Å²) in [6, 6.07) is 14.1. The van der Waals surface area contributed by atoms with Gasteiger partial charge in [0.1, 0.15) is 11.4 Å². The molecule has 2 aromatic heterocycles. The van der Waals surface area contributed by atoms with Crippen molar-refractivity contribution < 1.29 is 23.1 Å². The van der Waals surface area contributed by atoms with Gasteiger partial charge in [0.05, 0.1) is 17.1 Å². The van der Waals surface area contributed by atoms with E-state index in [-0.39, 0.29) is 22.7 Å². The van der Waals surface area contributed by atoms with E-state index in [9.17, 15) is 27.8 Å². The van der Waals surface area contributed by atoms with Crippen LogP contribution in [0.2, 0.25) is 0 Å². The van der Waals surface area contributed by atoms with Crippen LogP contribution in [0.4, 0.5) is 4.39 Å². The number of nitrogens with zero attached hydrogens (tertiary/aromatic N) is 1. The van der Waals surface area contributed by atoms with Gasteiger partial charge in [-0.1, -0.05) is 54.4 Å². The lowest BCUT2D eigenvalue weighted by molar-refractivity contribution is 0.0995. The molecule has 0 saturated heterocycles. The third-order valence-electron chi connectivity index (χ3n) is 6.05. The first kappa shape index (κ1) is 25.4. The Bertz CT molecular complexity index is 1500. The molecule has 0 aliphatic carbocycles. The highest BCUT2D eigenvalue weighted by molar-refractivity contribution is 7.78. The van der Waals surface area contributed by atoms with Crippen LogP contribution in [0, 0.1) is 5.82 Å². The summed E-state index contributed by atoms with van der Waals surface area (Å²) >= 11 is -2.24. The average Bonchev–Trinajstić information content (AvgIpc) is 2.83. The third kappa shape index (κ3) is 5.40. The number of aliphatic hydroxyl groups excluding tert-OH is 1. The van der Waals surface area contributed by atoms with Crippen LogP contribution in [-0.4, -0.2) is 29.7 Å². The van der Waals surface area contributed by atoms with Gasteiger partial charge in [-0.15, -0.1) is 0 Å². The van der Waals surface area contributed by atoms with Gasteiger partial charge in [-0.25, -0.2) is 4.39 Å². The van der Waals surface area contributed by atoms with Crippen molar-refractivity contribution in [1.82, 2.24) is 9.97 Å². The zero-order chi connectivity index (χ0) is 26.0. The molecule has 36 heavy (non-hydrogen) atoms. The van der Waals surface area contributed by atoms with E-state index in [0.717, 1.165) is 11.1 Å². The number of carbonyl (C=O) groups excluding carboxylic acids is 1. The lowest BCUT2D eigenvalue weighted by atomic mass is 9.86. The van der Waals surface area contributed by atoms with E-state index in [1.54, 1.807) is 55.6 Å². The number of halogens is 1. The quantitative estimate of drug-likeness (QED) is 0.312. The fourth-order valence-corrected chi connectivity index (χ4v) is 4.72. The minimum absolute atomic E-state index is 0.152. The molecular weight excluding hydrogens is 485 g/mol. The van der Waals surface area contributed by atoms with Gasteiger partial charge in [0.2, 0.25) is 0 Å². The summed E-state index contributed by atoms with van der Waals surface area (Å²) in [6.07, 6.45) is 0.895. The van der Waals surface area contributed by atoms with Gasteiger partial charge in [0, 0.05) is 23.4 Å². The number of aromatic nitrogens is 2. The molecule has 0 bridgehead atoms. The number of carbonyl (C=O) groups is 1. The molecule has 0 spiro atoms. The van der Waals surface area contributed by atoms with E-state index < -0.39 is 34.6 Å². The molecule has 0 aliphatic rings. The molecule has 0 aliphatic heterocycles. The van der Waals surface area contributed by atoms with Crippen LogP contribution in [0.1, 0.15) is 57.1 Å². The number of fused-ring (bicyclic) bond motifs is 1. The molecule has 3 atom stereocenters. The van der Waals surface area contributed by atoms with Crippen LogP contribution in [-0.2, 0) is 23.3 Å². The summed E-state index contributed by atoms with van der Waals surface area (Å²) in [7, 11) is 0. The van der Waals surface area contributed by atoms with Gasteiger partial charge in [0.25, 0.3) is 11.5 Å². The average molecular weight is 509 g/mol. The second kappa shape index (κ2) is 10.5. The molecule has 2 aromatic carbocycles. The second-order valence-corrected chi connectivity index (χ2v) is 9.47. The van der Waals surface area contributed by atoms with Crippen LogP contribution in [0.15, 0.2) is 65.6 Å². The number of rotatable bonds is 8. The molecule has 3 unspecified atom stereocenters. The maximum Gasteiger partial charge on any atom is 0.261 e. The number of amides is 1. The summed E-state index contributed by atoms with van der Waals surface area (Å²) < 4.78 is 35.1. The highest BCUT2D eigenvalue weighted by Crippen LogP contribution is 2.35. The van der Waals surface area contributed by atoms with Crippen molar-refractivity contribution in [2.45, 2.75) is 31.1 Å². The smallest absolute Gasteiger partial charge is 0.261 e. The lowest BCUT2D eigenvalue weighted by Crippen LogP contribution is -2.28. The largest absolute Gasteiger partial charge is 0.772 e. The normalized spacial score (nSPS) is 13.9. The molecule has 10 heteroatoms. The summed E-state index contributed by atoms with van der Waals surface area (Å²) in [6.45, 7) is 1.65. The van der Waals surface area contributed by atoms with Crippen molar-refractivity contribution in [2.24, 2.45) is 5.73 Å². The molecule has 2 heterocycles. The van der Waals surface area contributed by atoms with Gasteiger partial charge >= 0.3 is 0 Å². The van der Waals surface area contributed by atoms with Crippen molar-refractivity contribution in [3.63, 3.8) is 0 Å². The van der Waals surface area contributed by atoms with E-state index in [4.69, 9.17) is 5.73 Å². The maximum absolute atomic E-state index is 13.2. The Kier molecular flexibility index (Phi) is 7.39. The van der Waals surface area contributed by atoms with E-state index in [0.29, 0.717) is 28.6 Å². The minimum Gasteiger partial charge on any atom is -0.772 e. The number of aromatic amines is 1. The number of hydrogen-bond acceptors (Lipinski definition) is 6. The van der Waals surface area contributed by atoms with Crippen molar-refractivity contribution >= 4 is 28.0 Å². The van der Waals surface area contributed by atoms with E-state index in [1.165, 1.54) is 12.1 Å². The standard InChI is InChI=1S/C26H24FN3O5S/c1-14(24(31)18-6-2-16(3-7-18)13-36(34)35)21-22(25(28)32)26(33)30-20-11-17(12-29-23(20)21)10-15-4-8-19(27)9-5-15/h2-9,11-12,14,24,31H,10,13H2,1H3,(H2,28,32)(H,30,33)(H,34,35)/p-1. The molecule has 4 aromatic rings. The fourth-order valence-electron chi connectivity index (χ4n) is 4.26. The highest BCUT2D eigenvalue weighted by Gasteiger charge is 2.28. The number of aliphatic hydroxyl groups is 1. The Hall–Kier alpha value is -3.73. The van der Waals surface area contributed by atoms with Gasteiger partial charge in [0.15, 0.2) is 0 Å². The number of nitrogens with one attached hydrogen (secondary N) is 1. The van der Waals surface area contributed by atoms with Gasteiger partial charge in [-0.2, -0.15) is 0 Å². The second-order valence-electron chi connectivity index (χ2n) is 8.57. The predicted molar refractivity (Wildman–Crippen MR) is 133 cm³/mol. The number of benzene rings is 2. The molecule has 8 nitrogen and oxygen atoms in total. The number of pyridine rings is 2. The van der Waals surface area contributed by atoms with Gasteiger partial charge < -0.3 is 20.4 Å². The third-order valence-corrected chi connectivity index (χ3v) is 6.62. The summed E-state index contributed by atoms with van der Waals surface area (Å²) in [5.74, 6) is -2.20. The maximum atomic E-state index is 13.2. The summed E-state index contributed by atoms with van der Waals surface area (Å²) in [5, 5.41) is 11.1. The summed E-state index contributed by atoms with van der Waals surface area (Å²) in [4.78, 5) is 32.2. The van der Waals surface area contributed by atoms with Crippen LogP contribution < -0.4 is 11.3 Å². The molecule has 0 radical (unpaired) electrons. The first-order chi connectivity index (χ1) is 17.1. The first-order valence-corrected chi connectivity index (χ1v) is 12.3. The Morgan fingerprint density at radius 3 is 2.39 bits per heavy atom. The van der Waals surface area contributed by atoms with Crippen LogP contribution >= 0.6 is 0 Å². The Balaban J connectivity index is 1.75. The van der Waals surface area contributed by atoms with Crippen LogP contribution in [0.5, 0.6) is 0 Å². The van der Waals surface area contributed by atoms with E-state index in [2.05, 4.69) is 9.97 Å². The van der Waals surface area contributed by atoms with Crippen LogP contribution in [0.3, 0.4) is 0 Å². The highest BCUT2D eigenvalue weighted by atomic mass is 32.2. The number of H-pyrrole nitrogens is 1. The zero-order valence-electron chi connectivity index (χ0n) is 19.2. The number of primary amides is 1. The molecular formula is C26H23FN3O5S-. The van der Waals surface area contributed by atoms with E-state index >= 15 is 0 Å². The zero-order valence-corrected chi connectivity index (χ0v) is 20.0. The SMILES string of the molecule is CC(c1c(C(N)=O)c(=O)[nH]c2cc(Cc3ccc(F)cc3)cnc12)C(O)c1ccc(CS(=O)[O-])cc1. The monoisotopic (exact) mass is 508 g/mol. The predicted octanol–water partition coefficient (Wildman–Crippen LogP) is 2.97. The Morgan fingerprint density at radius 1 is 1.14 bits per heavy atom. The molecule has 186 valence electrons. The minimum atomic E-state index is -2.24. The number of hydrogen-bond donors (Lipinski definition) is 3. The molecule has 1 amide bonds. The van der Waals surface area contributed by atoms with Crippen molar-refractivity contribution in [3.8, 4) is 0 Å². The number of nitrogens with two attached hydrogens (primary N) is 1. The molecule has 0 fully saturated rings. The molecule has 4 N–H and O–H groups in total. The Morgan fingerprint density at radius 2 is 1.78 bits per heavy atom. The fraction of sp³-hybridized carbons (Fsp3) is 0.192. The van der Waals surface area contributed by atoms with Crippen molar-refractivity contribution in [1.29, 1.82) is 0 Å². The van der Waals surface area contributed by atoms with Crippen molar-refractivity contribution in [2.75, 3.05) is 0 Å². The lowest BCUT2D eigenvalue weighted by Gasteiger charge is -2.23. The van der Waals surface area contributed by atoms with Gasteiger partial charge in [-0.3, -0.25) is 18.8 Å². The molecule has 0 saturated carbocycles. The Labute approximate surface area is 208 Å².